The molecular formula is C19H22N4O. The second-order valence-electron chi connectivity index (χ2n) is 6.65. The molecule has 1 aromatic carbocycles. The number of carbonyl (C=O) groups is 1. The molecule has 1 aliphatic rings. The Kier molecular flexibility index (Phi) is 3.63. The summed E-state index contributed by atoms with van der Waals surface area (Å²) in [6.07, 6.45) is 8.05. The van der Waals surface area contributed by atoms with E-state index in [2.05, 4.69) is 34.9 Å². The van der Waals surface area contributed by atoms with Crippen LogP contribution in [0, 0.1) is 6.92 Å². The molecule has 2 aromatic heterocycles. The molecule has 124 valence electrons. The maximum atomic E-state index is 12.9. The van der Waals surface area contributed by atoms with E-state index in [0.717, 1.165) is 30.5 Å². The van der Waals surface area contributed by atoms with Crippen molar-refractivity contribution >= 4 is 16.8 Å². The number of aryl methyl sites for hydroxylation is 2. The zero-order valence-corrected chi connectivity index (χ0v) is 14.1. The van der Waals surface area contributed by atoms with Crippen LogP contribution in [-0.4, -0.2) is 31.7 Å². The van der Waals surface area contributed by atoms with Gasteiger partial charge in [0.25, 0.3) is 0 Å². The first-order valence-electron chi connectivity index (χ1n) is 8.46. The number of aromatic nitrogens is 3. The smallest absolute Gasteiger partial charge is 0.243 e. The second-order valence-corrected chi connectivity index (χ2v) is 6.65. The molecule has 1 aliphatic heterocycles. The molecule has 0 aliphatic carbocycles. The van der Waals surface area contributed by atoms with E-state index < -0.39 is 0 Å². The summed E-state index contributed by atoms with van der Waals surface area (Å²) >= 11 is 0. The van der Waals surface area contributed by atoms with Gasteiger partial charge in [-0.3, -0.25) is 9.48 Å². The van der Waals surface area contributed by atoms with Gasteiger partial charge in [-0.1, -0.05) is 18.2 Å². The van der Waals surface area contributed by atoms with Crippen LogP contribution in [0.3, 0.4) is 0 Å². The van der Waals surface area contributed by atoms with Crippen molar-refractivity contribution < 1.29 is 4.79 Å². The molecule has 0 spiro atoms. The Labute approximate surface area is 141 Å². The largest absolute Gasteiger partial charge is 0.338 e. The zero-order valence-electron chi connectivity index (χ0n) is 14.1. The molecule has 0 saturated carbocycles. The van der Waals surface area contributed by atoms with Crippen LogP contribution in [-0.2, 0) is 18.4 Å². The fraction of sp³-hybridized carbons (Fsp3) is 0.368. The van der Waals surface area contributed by atoms with E-state index in [4.69, 9.17) is 0 Å². The van der Waals surface area contributed by atoms with Crippen molar-refractivity contribution in [1.82, 2.24) is 19.2 Å². The quantitative estimate of drug-likeness (QED) is 0.744. The summed E-state index contributed by atoms with van der Waals surface area (Å²) in [5, 5.41) is 5.47. The van der Waals surface area contributed by atoms with E-state index in [0.29, 0.717) is 6.54 Å². The fourth-order valence-electron chi connectivity index (χ4n) is 3.82. The van der Waals surface area contributed by atoms with Crippen molar-refractivity contribution in [2.24, 2.45) is 7.05 Å². The predicted molar refractivity (Wildman–Crippen MR) is 93.6 cm³/mol. The highest BCUT2D eigenvalue weighted by molar-refractivity contribution is 5.86. The molecule has 3 aromatic rings. The molecule has 5 heteroatoms. The standard InChI is InChI=1S/C19H22N4O/c1-14-11-22(18-7-4-3-6-16(14)18)13-19(24)23-9-5-8-17(23)15-10-20-21(2)12-15/h3-4,6-7,10-12,17H,5,8-9,13H2,1-2H3/t17-/m0/s1. The third-order valence-electron chi connectivity index (χ3n) is 4.98. The monoisotopic (exact) mass is 322 g/mol. The van der Waals surface area contributed by atoms with Crippen molar-refractivity contribution in [2.75, 3.05) is 6.54 Å². The number of hydrogen-bond acceptors (Lipinski definition) is 2. The maximum Gasteiger partial charge on any atom is 0.243 e. The summed E-state index contributed by atoms with van der Waals surface area (Å²) in [6.45, 7) is 3.32. The third kappa shape index (κ3) is 2.50. The van der Waals surface area contributed by atoms with Crippen LogP contribution in [0.5, 0.6) is 0 Å². The lowest BCUT2D eigenvalue weighted by atomic mass is 10.1. The SMILES string of the molecule is Cc1cn(CC(=O)N2CCC[C@H]2c2cnn(C)c2)c2ccccc12. The van der Waals surface area contributed by atoms with Crippen molar-refractivity contribution in [3.8, 4) is 0 Å². The van der Waals surface area contributed by atoms with E-state index >= 15 is 0 Å². The van der Waals surface area contributed by atoms with Crippen LogP contribution in [0.2, 0.25) is 0 Å². The van der Waals surface area contributed by atoms with Crippen molar-refractivity contribution in [3.05, 3.63) is 54.0 Å². The molecule has 1 atom stereocenters. The van der Waals surface area contributed by atoms with Crippen LogP contribution >= 0.6 is 0 Å². The number of carbonyl (C=O) groups excluding carboxylic acids is 1. The minimum Gasteiger partial charge on any atom is -0.338 e. The molecule has 1 saturated heterocycles. The van der Waals surface area contributed by atoms with Crippen LogP contribution in [0.25, 0.3) is 10.9 Å². The predicted octanol–water partition coefficient (Wildman–Crippen LogP) is 3.05. The minimum absolute atomic E-state index is 0.161. The molecule has 1 fully saturated rings. The van der Waals surface area contributed by atoms with Crippen molar-refractivity contribution in [3.63, 3.8) is 0 Å². The molecular weight excluding hydrogens is 300 g/mol. The molecule has 0 radical (unpaired) electrons. The van der Waals surface area contributed by atoms with Gasteiger partial charge in [-0.25, -0.2) is 0 Å². The Morgan fingerprint density at radius 2 is 2.12 bits per heavy atom. The fourth-order valence-corrected chi connectivity index (χ4v) is 3.82. The molecule has 4 rings (SSSR count). The van der Waals surface area contributed by atoms with Gasteiger partial charge in [0.05, 0.1) is 12.2 Å². The maximum absolute atomic E-state index is 12.9. The van der Waals surface area contributed by atoms with Crippen molar-refractivity contribution in [2.45, 2.75) is 32.4 Å². The van der Waals surface area contributed by atoms with Crippen LogP contribution in [0.1, 0.15) is 30.0 Å². The van der Waals surface area contributed by atoms with Gasteiger partial charge < -0.3 is 9.47 Å². The summed E-state index contributed by atoms with van der Waals surface area (Å²) in [5.41, 5.74) is 3.47. The summed E-state index contributed by atoms with van der Waals surface area (Å²) in [7, 11) is 1.92. The van der Waals surface area contributed by atoms with Gasteiger partial charge in [0.1, 0.15) is 6.54 Å². The zero-order chi connectivity index (χ0) is 16.7. The molecule has 0 N–H and O–H groups in total. The van der Waals surface area contributed by atoms with Gasteiger partial charge in [-0.2, -0.15) is 5.10 Å². The van der Waals surface area contributed by atoms with E-state index in [1.54, 1.807) is 4.68 Å². The first-order chi connectivity index (χ1) is 11.6. The lowest BCUT2D eigenvalue weighted by molar-refractivity contribution is -0.132. The molecule has 3 heterocycles. The van der Waals surface area contributed by atoms with E-state index in [-0.39, 0.29) is 11.9 Å². The number of likely N-dealkylation sites (tertiary alicyclic amines) is 1. The molecule has 5 nitrogen and oxygen atoms in total. The number of hydrogen-bond donors (Lipinski definition) is 0. The average Bonchev–Trinajstić information content (AvgIpc) is 3.28. The van der Waals surface area contributed by atoms with Gasteiger partial charge in [0.15, 0.2) is 0 Å². The number of rotatable bonds is 3. The summed E-state index contributed by atoms with van der Waals surface area (Å²) in [4.78, 5) is 15.0. The van der Waals surface area contributed by atoms with Gasteiger partial charge >= 0.3 is 0 Å². The number of nitrogens with zero attached hydrogens (tertiary/aromatic N) is 4. The van der Waals surface area contributed by atoms with Gasteiger partial charge in [0, 0.05) is 42.5 Å². The molecule has 0 unspecified atom stereocenters. The Bertz CT molecular complexity index is 892. The van der Waals surface area contributed by atoms with E-state index in [1.165, 1.54) is 10.9 Å². The van der Waals surface area contributed by atoms with Gasteiger partial charge in [-0.05, 0) is 31.4 Å². The number of amides is 1. The molecule has 1 amide bonds. The topological polar surface area (TPSA) is 43.1 Å². The summed E-state index contributed by atoms with van der Waals surface area (Å²) < 4.78 is 3.88. The highest BCUT2D eigenvalue weighted by atomic mass is 16.2. The highest BCUT2D eigenvalue weighted by Crippen LogP contribution is 2.32. The average molecular weight is 322 g/mol. The Morgan fingerprint density at radius 1 is 1.29 bits per heavy atom. The first-order valence-corrected chi connectivity index (χ1v) is 8.46. The molecule has 0 bridgehead atoms. The Balaban J connectivity index is 1.59. The lowest BCUT2D eigenvalue weighted by Crippen LogP contribution is -2.33. The minimum atomic E-state index is 0.161. The summed E-state index contributed by atoms with van der Waals surface area (Å²) in [6, 6.07) is 8.42. The van der Waals surface area contributed by atoms with E-state index in [9.17, 15) is 4.79 Å². The first kappa shape index (κ1) is 15.0. The normalized spacial score (nSPS) is 17.8. The van der Waals surface area contributed by atoms with Crippen LogP contribution in [0.15, 0.2) is 42.9 Å². The van der Waals surface area contributed by atoms with Crippen LogP contribution < -0.4 is 0 Å². The second kappa shape index (κ2) is 5.82. The number of para-hydroxylation sites is 1. The highest BCUT2D eigenvalue weighted by Gasteiger charge is 2.30. The lowest BCUT2D eigenvalue weighted by Gasteiger charge is -2.24. The Hall–Kier alpha value is -2.56. The van der Waals surface area contributed by atoms with Crippen LogP contribution in [0.4, 0.5) is 0 Å². The third-order valence-corrected chi connectivity index (χ3v) is 4.98. The summed E-state index contributed by atoms with van der Waals surface area (Å²) in [5.74, 6) is 0.183. The van der Waals surface area contributed by atoms with Gasteiger partial charge in [0.2, 0.25) is 5.91 Å². The van der Waals surface area contributed by atoms with Crippen molar-refractivity contribution in [1.29, 1.82) is 0 Å². The Morgan fingerprint density at radius 3 is 2.92 bits per heavy atom. The molecule has 24 heavy (non-hydrogen) atoms. The number of benzene rings is 1. The van der Waals surface area contributed by atoms with Gasteiger partial charge in [-0.15, -0.1) is 0 Å². The van der Waals surface area contributed by atoms with E-state index in [1.807, 2.05) is 36.5 Å². The number of fused-ring (bicyclic) bond motifs is 1.